The normalized spacial score (nSPS) is 10.9. The molecule has 0 saturated heterocycles. The van der Waals surface area contributed by atoms with Crippen LogP contribution in [0.15, 0.2) is 30.6 Å². The molecule has 0 N–H and O–H groups in total. The second kappa shape index (κ2) is 15.6. The number of ether oxygens (including phenoxy) is 2. The lowest BCUT2D eigenvalue weighted by Crippen LogP contribution is -2.04. The number of nitrogens with zero attached hydrogens (tertiary/aromatic N) is 2. The summed E-state index contributed by atoms with van der Waals surface area (Å²) >= 11 is 0. The van der Waals surface area contributed by atoms with Crippen LogP contribution in [-0.4, -0.2) is 23.2 Å². The van der Waals surface area contributed by atoms with Gasteiger partial charge in [0.05, 0.1) is 18.8 Å². The minimum atomic E-state index is -0.399. The van der Waals surface area contributed by atoms with Crippen molar-refractivity contribution in [3.05, 3.63) is 36.4 Å². The molecule has 1 heterocycles. The number of hydrogen-bond donors (Lipinski definition) is 0. The third-order valence-electron chi connectivity index (χ3n) is 5.35. The van der Waals surface area contributed by atoms with Crippen LogP contribution >= 0.6 is 0 Å². The number of hydrogen-bond acceptors (Lipinski definition) is 4. The van der Waals surface area contributed by atoms with Gasteiger partial charge in [-0.2, -0.15) is 0 Å². The fourth-order valence-electron chi connectivity index (χ4n) is 3.51. The zero-order chi connectivity index (χ0) is 22.2. The first-order valence-electron chi connectivity index (χ1n) is 12.1. The van der Waals surface area contributed by atoms with Gasteiger partial charge in [0, 0.05) is 18.5 Å². The van der Waals surface area contributed by atoms with Crippen molar-refractivity contribution in [2.45, 2.75) is 90.9 Å². The Morgan fingerprint density at radius 2 is 1.19 bits per heavy atom. The van der Waals surface area contributed by atoms with Crippen LogP contribution in [0, 0.1) is 5.82 Å². The molecule has 2 rings (SSSR count). The van der Waals surface area contributed by atoms with Gasteiger partial charge in [-0.1, -0.05) is 78.1 Å². The zero-order valence-corrected chi connectivity index (χ0v) is 19.4. The molecule has 0 saturated carbocycles. The van der Waals surface area contributed by atoms with Gasteiger partial charge in [-0.15, -0.1) is 0 Å². The molecular weight excluding hydrogens is 391 g/mol. The van der Waals surface area contributed by atoms with Gasteiger partial charge in [-0.05, 0) is 25.0 Å². The summed E-state index contributed by atoms with van der Waals surface area (Å²) in [5.74, 6) is 0.834. The maximum absolute atomic E-state index is 14.7. The summed E-state index contributed by atoms with van der Waals surface area (Å²) in [6, 6.07) is 4.86. The number of unbranched alkanes of at least 4 members (excludes halogenated alkanes) is 10. The van der Waals surface area contributed by atoms with Crippen LogP contribution in [0.3, 0.4) is 0 Å². The van der Waals surface area contributed by atoms with Gasteiger partial charge in [0.25, 0.3) is 0 Å². The van der Waals surface area contributed by atoms with Crippen LogP contribution in [-0.2, 0) is 0 Å². The largest absolute Gasteiger partial charge is 0.493 e. The van der Waals surface area contributed by atoms with E-state index >= 15 is 0 Å². The Balaban J connectivity index is 1.95. The molecule has 0 radical (unpaired) electrons. The molecule has 31 heavy (non-hydrogen) atoms. The third-order valence-corrected chi connectivity index (χ3v) is 5.35. The van der Waals surface area contributed by atoms with E-state index in [-0.39, 0.29) is 5.75 Å². The highest BCUT2D eigenvalue weighted by Crippen LogP contribution is 2.34. The van der Waals surface area contributed by atoms with Crippen molar-refractivity contribution in [3.8, 4) is 22.9 Å². The first-order valence-corrected chi connectivity index (χ1v) is 12.1. The molecule has 1 aromatic heterocycles. The summed E-state index contributed by atoms with van der Waals surface area (Å²) in [5.41, 5.74) is 0.672. The highest BCUT2D eigenvalue weighted by atomic mass is 19.1. The summed E-state index contributed by atoms with van der Waals surface area (Å²) in [4.78, 5) is 8.66. The lowest BCUT2D eigenvalue weighted by Gasteiger charge is -2.14. The van der Waals surface area contributed by atoms with Gasteiger partial charge < -0.3 is 9.47 Å². The Labute approximate surface area is 187 Å². The van der Waals surface area contributed by atoms with Gasteiger partial charge in [-0.3, -0.25) is 0 Å². The molecule has 4 nitrogen and oxygen atoms in total. The minimum absolute atomic E-state index is 0.239. The Hall–Kier alpha value is -2.17. The van der Waals surface area contributed by atoms with Gasteiger partial charge in [-0.25, -0.2) is 14.4 Å². The molecule has 0 fully saturated rings. The topological polar surface area (TPSA) is 44.2 Å². The van der Waals surface area contributed by atoms with Crippen molar-refractivity contribution in [1.82, 2.24) is 9.97 Å². The lowest BCUT2D eigenvalue weighted by molar-refractivity contribution is 0.283. The van der Waals surface area contributed by atoms with Crippen molar-refractivity contribution in [2.75, 3.05) is 13.2 Å². The average Bonchev–Trinajstić information content (AvgIpc) is 2.79. The summed E-state index contributed by atoms with van der Waals surface area (Å²) in [6.45, 7) is 5.49. The van der Waals surface area contributed by atoms with E-state index in [1.54, 1.807) is 24.5 Å². The van der Waals surface area contributed by atoms with Gasteiger partial charge in [0.1, 0.15) is 5.75 Å². The van der Waals surface area contributed by atoms with E-state index in [2.05, 4.69) is 23.8 Å². The maximum atomic E-state index is 14.7. The van der Waals surface area contributed by atoms with Crippen LogP contribution in [0.25, 0.3) is 11.4 Å². The molecular formula is C26H39FN2O2. The summed E-state index contributed by atoms with van der Waals surface area (Å²) in [7, 11) is 0. The summed E-state index contributed by atoms with van der Waals surface area (Å²) < 4.78 is 26.4. The van der Waals surface area contributed by atoms with Crippen LogP contribution < -0.4 is 9.47 Å². The Bertz CT molecular complexity index is 725. The van der Waals surface area contributed by atoms with Crippen molar-refractivity contribution < 1.29 is 13.9 Å². The second-order valence-corrected chi connectivity index (χ2v) is 8.08. The third kappa shape index (κ3) is 9.67. The first-order chi connectivity index (χ1) is 15.3. The molecule has 0 unspecified atom stereocenters. The van der Waals surface area contributed by atoms with Crippen molar-refractivity contribution in [1.29, 1.82) is 0 Å². The molecule has 0 amide bonds. The van der Waals surface area contributed by atoms with E-state index in [0.29, 0.717) is 30.4 Å². The van der Waals surface area contributed by atoms with Crippen molar-refractivity contribution >= 4 is 0 Å². The molecule has 0 aliphatic rings. The molecule has 0 bridgehead atoms. The molecule has 172 valence electrons. The lowest BCUT2D eigenvalue weighted by atomic mass is 10.1. The SMILES string of the molecule is CCCCCCCCOc1cc(-c2ncccn2)c(OCCCCCCCC)cc1F. The van der Waals surface area contributed by atoms with E-state index in [9.17, 15) is 4.39 Å². The minimum Gasteiger partial charge on any atom is -0.493 e. The van der Waals surface area contributed by atoms with Crippen LogP contribution in [0.5, 0.6) is 11.5 Å². The van der Waals surface area contributed by atoms with Gasteiger partial charge in [0.2, 0.25) is 0 Å². The van der Waals surface area contributed by atoms with Crippen LogP contribution in [0.4, 0.5) is 4.39 Å². The average molecular weight is 431 g/mol. The Morgan fingerprint density at radius 3 is 1.77 bits per heavy atom. The number of halogens is 1. The molecule has 5 heteroatoms. The fourth-order valence-corrected chi connectivity index (χ4v) is 3.51. The highest BCUT2D eigenvalue weighted by Gasteiger charge is 2.16. The fraction of sp³-hybridized carbons (Fsp3) is 0.615. The standard InChI is InChI=1S/C26H39FN2O2/c1-3-5-7-9-11-13-18-30-24-21-23(27)25(31-19-14-12-10-8-6-4-2)20-22(24)26-28-16-15-17-29-26/h15-17,20-21H,3-14,18-19H2,1-2H3. The van der Waals surface area contributed by atoms with E-state index < -0.39 is 5.82 Å². The van der Waals surface area contributed by atoms with Crippen molar-refractivity contribution in [2.24, 2.45) is 0 Å². The molecule has 2 aromatic rings. The Morgan fingerprint density at radius 1 is 0.677 bits per heavy atom. The van der Waals surface area contributed by atoms with Gasteiger partial charge in [0.15, 0.2) is 17.4 Å². The number of aromatic nitrogens is 2. The molecule has 0 aliphatic heterocycles. The predicted molar refractivity (Wildman–Crippen MR) is 125 cm³/mol. The monoisotopic (exact) mass is 430 g/mol. The molecule has 1 aromatic carbocycles. The van der Waals surface area contributed by atoms with E-state index in [4.69, 9.17) is 9.47 Å². The molecule has 0 atom stereocenters. The number of benzene rings is 1. The van der Waals surface area contributed by atoms with E-state index in [1.807, 2.05) is 0 Å². The van der Waals surface area contributed by atoms with Crippen LogP contribution in [0.2, 0.25) is 0 Å². The van der Waals surface area contributed by atoms with Gasteiger partial charge >= 0.3 is 0 Å². The van der Waals surface area contributed by atoms with E-state index in [0.717, 1.165) is 25.7 Å². The summed E-state index contributed by atoms with van der Waals surface area (Å²) in [5, 5.41) is 0. The van der Waals surface area contributed by atoms with Crippen LogP contribution in [0.1, 0.15) is 90.9 Å². The Kier molecular flexibility index (Phi) is 12.6. The number of rotatable bonds is 17. The van der Waals surface area contributed by atoms with E-state index in [1.165, 1.54) is 57.4 Å². The summed E-state index contributed by atoms with van der Waals surface area (Å²) in [6.07, 6.45) is 17.4. The quantitative estimate of drug-likeness (QED) is 0.241. The predicted octanol–water partition coefficient (Wildman–Crippen LogP) is 7.76. The molecule has 0 aliphatic carbocycles. The smallest absolute Gasteiger partial charge is 0.168 e. The van der Waals surface area contributed by atoms with Crippen molar-refractivity contribution in [3.63, 3.8) is 0 Å². The second-order valence-electron chi connectivity index (χ2n) is 8.08. The maximum Gasteiger partial charge on any atom is 0.168 e. The first kappa shape index (κ1) is 25.1. The molecule has 0 spiro atoms. The zero-order valence-electron chi connectivity index (χ0n) is 19.4. The highest BCUT2D eigenvalue weighted by molar-refractivity contribution is 5.66.